The second kappa shape index (κ2) is 4.98. The van der Waals surface area contributed by atoms with E-state index < -0.39 is 18.1 Å². The third-order valence-corrected chi connectivity index (χ3v) is 2.29. The fraction of sp³-hybridized carbons (Fsp3) is 0.400. The number of halogens is 2. The highest BCUT2D eigenvalue weighted by atomic mass is 19.3. The van der Waals surface area contributed by atoms with E-state index in [9.17, 15) is 13.6 Å². The van der Waals surface area contributed by atoms with Crippen molar-refractivity contribution in [1.29, 1.82) is 0 Å². The van der Waals surface area contributed by atoms with E-state index in [2.05, 4.69) is 4.98 Å². The average molecular weight is 230 g/mol. The molecule has 0 amide bonds. The van der Waals surface area contributed by atoms with Crippen LogP contribution < -0.4 is 5.73 Å². The minimum Gasteiger partial charge on any atom is -0.481 e. The molecule has 0 aliphatic heterocycles. The minimum absolute atomic E-state index is 0.136. The lowest BCUT2D eigenvalue weighted by Gasteiger charge is -2.13. The van der Waals surface area contributed by atoms with Crippen molar-refractivity contribution < 1.29 is 18.7 Å². The summed E-state index contributed by atoms with van der Waals surface area (Å²) in [6.07, 6.45) is -1.81. The van der Waals surface area contributed by atoms with Gasteiger partial charge >= 0.3 is 5.97 Å². The monoisotopic (exact) mass is 230 g/mol. The molecule has 1 aromatic heterocycles. The van der Waals surface area contributed by atoms with E-state index in [1.807, 2.05) is 0 Å². The zero-order valence-corrected chi connectivity index (χ0v) is 8.70. The molecule has 0 spiro atoms. The normalized spacial score (nSPS) is 10.8. The summed E-state index contributed by atoms with van der Waals surface area (Å²) in [6.45, 7) is 1.48. The number of aryl methyl sites for hydroxylation is 1. The van der Waals surface area contributed by atoms with Gasteiger partial charge in [0.25, 0.3) is 6.43 Å². The highest BCUT2D eigenvalue weighted by Gasteiger charge is 2.19. The van der Waals surface area contributed by atoms with Crippen molar-refractivity contribution in [2.75, 3.05) is 0 Å². The lowest BCUT2D eigenvalue weighted by atomic mass is 9.99. The third-order valence-electron chi connectivity index (χ3n) is 2.29. The Morgan fingerprint density at radius 3 is 2.62 bits per heavy atom. The Balaban J connectivity index is 3.32. The third kappa shape index (κ3) is 2.52. The number of nitrogens with two attached hydrogens (primary N) is 1. The number of aromatic nitrogens is 1. The molecule has 0 aromatic carbocycles. The smallest absolute Gasteiger partial charge is 0.307 e. The summed E-state index contributed by atoms with van der Waals surface area (Å²) >= 11 is 0. The Morgan fingerprint density at radius 2 is 2.19 bits per heavy atom. The van der Waals surface area contributed by atoms with E-state index in [4.69, 9.17) is 10.8 Å². The summed E-state index contributed by atoms with van der Waals surface area (Å²) in [7, 11) is 0. The van der Waals surface area contributed by atoms with Crippen LogP contribution >= 0.6 is 0 Å². The summed E-state index contributed by atoms with van der Waals surface area (Å²) in [5.41, 5.74) is 5.97. The highest BCUT2D eigenvalue weighted by molar-refractivity contribution is 5.71. The minimum atomic E-state index is -2.74. The first-order chi connectivity index (χ1) is 7.47. The van der Waals surface area contributed by atoms with Crippen molar-refractivity contribution in [3.8, 4) is 0 Å². The molecule has 0 unspecified atom stereocenters. The molecule has 0 fully saturated rings. The number of carboxylic acids is 1. The van der Waals surface area contributed by atoms with Gasteiger partial charge in [-0.15, -0.1) is 0 Å². The molecule has 1 rings (SSSR count). The molecule has 0 aliphatic rings. The molecule has 1 heterocycles. The largest absolute Gasteiger partial charge is 0.481 e. The number of carbonyl (C=O) groups is 1. The van der Waals surface area contributed by atoms with E-state index in [-0.39, 0.29) is 18.5 Å². The summed E-state index contributed by atoms with van der Waals surface area (Å²) in [5.74, 6) is -1.08. The maximum absolute atomic E-state index is 12.6. The van der Waals surface area contributed by atoms with Crippen LogP contribution in [0.5, 0.6) is 0 Å². The molecule has 4 nitrogen and oxygen atoms in total. The molecule has 1 aromatic rings. The van der Waals surface area contributed by atoms with E-state index in [1.165, 1.54) is 6.20 Å². The average Bonchev–Trinajstić information content (AvgIpc) is 2.19. The van der Waals surface area contributed by atoms with Gasteiger partial charge in [0.15, 0.2) is 0 Å². The second-order valence-electron chi connectivity index (χ2n) is 3.36. The lowest BCUT2D eigenvalue weighted by molar-refractivity contribution is -0.136. The zero-order valence-electron chi connectivity index (χ0n) is 8.70. The summed E-state index contributed by atoms with van der Waals surface area (Å²) < 4.78 is 25.2. The van der Waals surface area contributed by atoms with E-state index >= 15 is 0 Å². The number of pyridine rings is 1. The molecule has 0 bridgehead atoms. The Hall–Kier alpha value is -1.56. The number of nitrogens with zero attached hydrogens (tertiary/aromatic N) is 1. The quantitative estimate of drug-likeness (QED) is 0.820. The first kappa shape index (κ1) is 12.5. The van der Waals surface area contributed by atoms with Crippen molar-refractivity contribution in [3.63, 3.8) is 0 Å². The number of aliphatic carboxylic acids is 1. The van der Waals surface area contributed by atoms with Crippen LogP contribution in [0.1, 0.15) is 28.8 Å². The molecule has 0 saturated carbocycles. The molecule has 16 heavy (non-hydrogen) atoms. The maximum Gasteiger partial charge on any atom is 0.307 e. The van der Waals surface area contributed by atoms with E-state index in [0.717, 1.165) is 0 Å². The van der Waals surface area contributed by atoms with Crippen LogP contribution in [0.2, 0.25) is 0 Å². The van der Waals surface area contributed by atoms with Crippen LogP contribution in [-0.4, -0.2) is 16.1 Å². The van der Waals surface area contributed by atoms with Crippen LogP contribution in [0, 0.1) is 6.92 Å². The van der Waals surface area contributed by atoms with Crippen LogP contribution in [0.15, 0.2) is 6.20 Å². The Bertz CT molecular complexity index is 408. The zero-order chi connectivity index (χ0) is 12.3. The Morgan fingerprint density at radius 1 is 1.56 bits per heavy atom. The van der Waals surface area contributed by atoms with Gasteiger partial charge in [0.2, 0.25) is 0 Å². The molecule has 0 atom stereocenters. The van der Waals surface area contributed by atoms with Crippen LogP contribution in [0.3, 0.4) is 0 Å². The lowest BCUT2D eigenvalue weighted by Crippen LogP contribution is -2.13. The van der Waals surface area contributed by atoms with Gasteiger partial charge in [0.1, 0.15) is 5.69 Å². The van der Waals surface area contributed by atoms with Gasteiger partial charge in [0.05, 0.1) is 6.42 Å². The molecule has 88 valence electrons. The predicted octanol–water partition coefficient (Wildman–Crippen LogP) is 1.41. The van der Waals surface area contributed by atoms with Crippen molar-refractivity contribution in [3.05, 3.63) is 28.6 Å². The number of hydrogen-bond donors (Lipinski definition) is 2. The van der Waals surface area contributed by atoms with Gasteiger partial charge in [0, 0.05) is 12.7 Å². The molecular formula is C10H12F2N2O2. The summed E-state index contributed by atoms with van der Waals surface area (Å²) in [6, 6.07) is 0. The standard InChI is InChI=1S/C10H12F2N2O2/c1-5-4-14-9(10(11)12)7(3-13)6(5)2-8(15)16/h4,10H,2-3,13H2,1H3,(H,15,16). The van der Waals surface area contributed by atoms with Gasteiger partial charge < -0.3 is 10.8 Å². The van der Waals surface area contributed by atoms with Crippen molar-refractivity contribution in [1.82, 2.24) is 4.98 Å². The van der Waals surface area contributed by atoms with Gasteiger partial charge in [-0.3, -0.25) is 9.78 Å². The fourth-order valence-electron chi connectivity index (χ4n) is 1.53. The highest BCUT2D eigenvalue weighted by Crippen LogP contribution is 2.25. The summed E-state index contributed by atoms with van der Waals surface area (Å²) in [5, 5.41) is 8.69. The number of carboxylic acid groups (broad SMARTS) is 1. The summed E-state index contributed by atoms with van der Waals surface area (Å²) in [4.78, 5) is 14.2. The van der Waals surface area contributed by atoms with Crippen molar-refractivity contribution in [2.24, 2.45) is 5.73 Å². The van der Waals surface area contributed by atoms with Crippen molar-refractivity contribution >= 4 is 5.97 Å². The Kier molecular flexibility index (Phi) is 3.89. The van der Waals surface area contributed by atoms with E-state index in [0.29, 0.717) is 11.1 Å². The maximum atomic E-state index is 12.6. The van der Waals surface area contributed by atoms with Gasteiger partial charge in [-0.25, -0.2) is 8.78 Å². The SMILES string of the molecule is Cc1cnc(C(F)F)c(CN)c1CC(=O)O. The number of rotatable bonds is 4. The van der Waals surface area contributed by atoms with Crippen LogP contribution in [-0.2, 0) is 17.8 Å². The molecular weight excluding hydrogens is 218 g/mol. The van der Waals surface area contributed by atoms with Gasteiger partial charge in [-0.1, -0.05) is 0 Å². The van der Waals surface area contributed by atoms with Crippen LogP contribution in [0.25, 0.3) is 0 Å². The van der Waals surface area contributed by atoms with Gasteiger partial charge in [-0.2, -0.15) is 0 Å². The van der Waals surface area contributed by atoms with Gasteiger partial charge in [-0.05, 0) is 23.6 Å². The topological polar surface area (TPSA) is 76.2 Å². The molecule has 3 N–H and O–H groups in total. The molecule has 0 radical (unpaired) electrons. The first-order valence-corrected chi connectivity index (χ1v) is 4.64. The molecule has 0 saturated heterocycles. The molecule has 0 aliphatic carbocycles. The van der Waals surface area contributed by atoms with Crippen LogP contribution in [0.4, 0.5) is 8.78 Å². The first-order valence-electron chi connectivity index (χ1n) is 4.64. The number of alkyl halides is 2. The predicted molar refractivity (Wildman–Crippen MR) is 53.2 cm³/mol. The molecule has 6 heteroatoms. The fourth-order valence-corrected chi connectivity index (χ4v) is 1.53. The van der Waals surface area contributed by atoms with E-state index in [1.54, 1.807) is 6.92 Å². The van der Waals surface area contributed by atoms with Crippen molar-refractivity contribution in [2.45, 2.75) is 26.3 Å². The number of hydrogen-bond acceptors (Lipinski definition) is 3. The Labute approximate surface area is 91.1 Å². The second-order valence-corrected chi connectivity index (χ2v) is 3.36.